The van der Waals surface area contributed by atoms with Crippen LogP contribution in [0.4, 0.5) is 4.39 Å². The first-order valence-corrected chi connectivity index (χ1v) is 8.60. The zero-order chi connectivity index (χ0) is 13.9. The van der Waals surface area contributed by atoms with E-state index in [9.17, 15) is 9.18 Å². The molecule has 1 aliphatic carbocycles. The molecule has 1 saturated carbocycles. The number of hydrogen-bond acceptors (Lipinski definition) is 1. The second-order valence-electron chi connectivity index (χ2n) is 5.05. The Kier molecular flexibility index (Phi) is 5.22. The van der Waals surface area contributed by atoms with Crippen LogP contribution in [-0.2, 0) is 0 Å². The second-order valence-corrected chi connectivity index (χ2v) is 6.78. The largest absolute Gasteiger partial charge is 0.346 e. The molecule has 0 saturated heterocycles. The second kappa shape index (κ2) is 6.52. The summed E-state index contributed by atoms with van der Waals surface area (Å²) in [6.07, 6.45) is 5.53. The molecule has 2 nitrogen and oxygen atoms in total. The van der Waals surface area contributed by atoms with E-state index < -0.39 is 0 Å². The van der Waals surface area contributed by atoms with Crippen LogP contribution in [-0.4, -0.2) is 16.8 Å². The van der Waals surface area contributed by atoms with E-state index in [0.717, 1.165) is 31.0 Å². The maximum atomic E-state index is 13.1. The van der Waals surface area contributed by atoms with Gasteiger partial charge in [-0.15, -0.1) is 0 Å². The van der Waals surface area contributed by atoms with Gasteiger partial charge < -0.3 is 5.32 Å². The first-order valence-electron chi connectivity index (χ1n) is 6.40. The number of nitrogens with one attached hydrogen (secondary N) is 1. The summed E-state index contributed by atoms with van der Waals surface area (Å²) in [6.45, 7) is 0. The van der Waals surface area contributed by atoms with E-state index in [1.807, 2.05) is 22.6 Å². The summed E-state index contributed by atoms with van der Waals surface area (Å²) in [4.78, 5) is 12.3. The third-order valence-electron chi connectivity index (χ3n) is 3.62. The minimum atomic E-state index is -0.311. The lowest BCUT2D eigenvalue weighted by atomic mass is 9.83. The number of benzene rings is 1. The minimum Gasteiger partial charge on any atom is -0.346 e. The van der Waals surface area contributed by atoms with Crippen molar-refractivity contribution in [3.63, 3.8) is 0 Å². The van der Waals surface area contributed by atoms with Gasteiger partial charge >= 0.3 is 0 Å². The monoisotopic (exact) mass is 439 g/mol. The van der Waals surface area contributed by atoms with Crippen LogP contribution < -0.4 is 5.32 Å². The summed E-state index contributed by atoms with van der Waals surface area (Å²) >= 11 is 5.52. The minimum absolute atomic E-state index is 0.106. The molecule has 0 atom stereocenters. The van der Waals surface area contributed by atoms with E-state index in [1.54, 1.807) is 6.07 Å². The van der Waals surface area contributed by atoms with Gasteiger partial charge in [0.05, 0.1) is 11.1 Å². The lowest BCUT2D eigenvalue weighted by Crippen LogP contribution is -2.51. The van der Waals surface area contributed by atoms with Gasteiger partial charge in [0.1, 0.15) is 5.82 Å². The van der Waals surface area contributed by atoms with E-state index in [4.69, 9.17) is 0 Å². The van der Waals surface area contributed by atoms with Gasteiger partial charge in [-0.3, -0.25) is 4.79 Å². The summed E-state index contributed by atoms with van der Waals surface area (Å²) in [5, 5.41) is 3.91. The van der Waals surface area contributed by atoms with Crippen LogP contribution in [0.5, 0.6) is 0 Å². The highest BCUT2D eigenvalue weighted by Gasteiger charge is 2.33. The number of amides is 1. The summed E-state index contributed by atoms with van der Waals surface area (Å²) < 4.78 is 13.7. The SMILES string of the molecule is O=C(NC1(CBr)CCCCC1)c1ccc(F)cc1I. The Hall–Kier alpha value is -0.170. The standard InChI is InChI=1S/C14H16BrFINO/c15-9-14(6-2-1-3-7-14)18-13(19)11-5-4-10(16)8-12(11)17/h4-5,8H,1-3,6-7,9H2,(H,18,19). The molecular formula is C14H16BrFINO. The fourth-order valence-corrected chi connectivity index (χ4v) is 3.93. The summed E-state index contributed by atoms with van der Waals surface area (Å²) in [6, 6.07) is 4.27. The number of hydrogen-bond donors (Lipinski definition) is 1. The molecule has 104 valence electrons. The van der Waals surface area contributed by atoms with Gasteiger partial charge in [-0.25, -0.2) is 4.39 Å². The van der Waals surface area contributed by atoms with Crippen LogP contribution in [0, 0.1) is 9.39 Å². The lowest BCUT2D eigenvalue weighted by molar-refractivity contribution is 0.0885. The van der Waals surface area contributed by atoms with Crippen LogP contribution in [0.15, 0.2) is 18.2 Å². The molecule has 1 N–H and O–H groups in total. The molecule has 0 radical (unpaired) electrons. The fourth-order valence-electron chi connectivity index (χ4n) is 2.50. The molecule has 0 heterocycles. The van der Waals surface area contributed by atoms with Crippen LogP contribution in [0.25, 0.3) is 0 Å². The van der Waals surface area contributed by atoms with Gasteiger partial charge in [0, 0.05) is 8.90 Å². The molecule has 1 aromatic carbocycles. The van der Waals surface area contributed by atoms with Gasteiger partial charge in [0.25, 0.3) is 5.91 Å². The quantitative estimate of drug-likeness (QED) is 0.553. The van der Waals surface area contributed by atoms with Gasteiger partial charge in [0.2, 0.25) is 0 Å². The predicted octanol–water partition coefficient (Wildman–Crippen LogP) is 4.26. The molecule has 0 unspecified atom stereocenters. The topological polar surface area (TPSA) is 29.1 Å². The molecule has 0 bridgehead atoms. The molecule has 5 heteroatoms. The Balaban J connectivity index is 2.15. The van der Waals surface area contributed by atoms with Gasteiger partial charge in [-0.1, -0.05) is 35.2 Å². The van der Waals surface area contributed by atoms with Crippen molar-refractivity contribution in [2.75, 3.05) is 5.33 Å². The Bertz CT molecular complexity index is 475. The van der Waals surface area contributed by atoms with Crippen molar-refractivity contribution in [3.05, 3.63) is 33.1 Å². The van der Waals surface area contributed by atoms with Crippen LogP contribution in [0.1, 0.15) is 42.5 Å². The van der Waals surface area contributed by atoms with E-state index in [2.05, 4.69) is 21.2 Å². The Morgan fingerprint density at radius 1 is 1.37 bits per heavy atom. The van der Waals surface area contributed by atoms with Crippen molar-refractivity contribution in [3.8, 4) is 0 Å². The highest BCUT2D eigenvalue weighted by Crippen LogP contribution is 2.30. The first kappa shape index (κ1) is 15.2. The lowest BCUT2D eigenvalue weighted by Gasteiger charge is -2.36. The van der Waals surface area contributed by atoms with Crippen LogP contribution in [0.3, 0.4) is 0 Å². The molecule has 19 heavy (non-hydrogen) atoms. The Morgan fingerprint density at radius 2 is 2.05 bits per heavy atom. The molecule has 0 aromatic heterocycles. The number of halogens is 3. The van der Waals surface area contributed by atoms with Gasteiger partial charge in [0.15, 0.2) is 0 Å². The molecule has 1 aromatic rings. The van der Waals surface area contributed by atoms with Crippen LogP contribution >= 0.6 is 38.5 Å². The third-order valence-corrected chi connectivity index (χ3v) is 5.59. The average Bonchev–Trinajstić information content (AvgIpc) is 2.39. The molecular weight excluding hydrogens is 424 g/mol. The number of rotatable bonds is 3. The molecule has 0 spiro atoms. The highest BCUT2D eigenvalue weighted by molar-refractivity contribution is 14.1. The Morgan fingerprint density at radius 3 is 2.63 bits per heavy atom. The normalized spacial score (nSPS) is 18.1. The predicted molar refractivity (Wildman–Crippen MR) is 86.2 cm³/mol. The molecule has 2 rings (SSSR count). The fraction of sp³-hybridized carbons (Fsp3) is 0.500. The molecule has 1 fully saturated rings. The molecule has 1 aliphatic rings. The van der Waals surface area contributed by atoms with E-state index >= 15 is 0 Å². The summed E-state index contributed by atoms with van der Waals surface area (Å²) in [5.41, 5.74) is 0.403. The molecule has 0 aliphatic heterocycles. The molecule has 1 amide bonds. The first-order chi connectivity index (χ1) is 9.06. The maximum Gasteiger partial charge on any atom is 0.252 e. The Labute approximate surface area is 134 Å². The number of alkyl halides is 1. The van der Waals surface area contributed by atoms with Crippen LogP contribution in [0.2, 0.25) is 0 Å². The van der Waals surface area contributed by atoms with Gasteiger partial charge in [-0.2, -0.15) is 0 Å². The van der Waals surface area contributed by atoms with E-state index in [1.165, 1.54) is 18.6 Å². The number of carbonyl (C=O) groups excluding carboxylic acids is 1. The van der Waals surface area contributed by atoms with Gasteiger partial charge in [-0.05, 0) is 53.6 Å². The third kappa shape index (κ3) is 3.68. The maximum absolute atomic E-state index is 13.1. The van der Waals surface area contributed by atoms with Crippen molar-refractivity contribution < 1.29 is 9.18 Å². The highest BCUT2D eigenvalue weighted by atomic mass is 127. The van der Waals surface area contributed by atoms with Crippen molar-refractivity contribution in [2.24, 2.45) is 0 Å². The van der Waals surface area contributed by atoms with Crippen molar-refractivity contribution >= 4 is 44.4 Å². The zero-order valence-corrected chi connectivity index (χ0v) is 14.3. The van der Waals surface area contributed by atoms with E-state index in [-0.39, 0.29) is 17.3 Å². The summed E-state index contributed by atoms with van der Waals surface area (Å²) in [5.74, 6) is -0.417. The number of carbonyl (C=O) groups is 1. The summed E-state index contributed by atoms with van der Waals surface area (Å²) in [7, 11) is 0. The van der Waals surface area contributed by atoms with Crippen molar-refractivity contribution in [1.82, 2.24) is 5.32 Å². The van der Waals surface area contributed by atoms with Crippen molar-refractivity contribution in [2.45, 2.75) is 37.6 Å². The van der Waals surface area contributed by atoms with E-state index in [0.29, 0.717) is 9.13 Å². The van der Waals surface area contributed by atoms with Crippen molar-refractivity contribution in [1.29, 1.82) is 0 Å². The smallest absolute Gasteiger partial charge is 0.252 e. The average molecular weight is 440 g/mol. The zero-order valence-electron chi connectivity index (χ0n) is 10.5.